The van der Waals surface area contributed by atoms with Crippen molar-refractivity contribution in [1.82, 2.24) is 5.06 Å². The molecule has 0 fully saturated rings. The van der Waals surface area contributed by atoms with Crippen molar-refractivity contribution >= 4 is 29.3 Å². The molecule has 0 saturated heterocycles. The molecule has 0 aromatic heterocycles. The van der Waals surface area contributed by atoms with E-state index in [2.05, 4.69) is 0 Å². The van der Waals surface area contributed by atoms with Crippen molar-refractivity contribution in [3.63, 3.8) is 0 Å². The smallest absolute Gasteiger partial charge is 0.274 e. The van der Waals surface area contributed by atoms with Crippen molar-refractivity contribution < 1.29 is 9.63 Å². The first-order valence-electron chi connectivity index (χ1n) is 4.54. The zero-order chi connectivity index (χ0) is 12.0. The number of likely N-dealkylation sites (N-methyl/N-ethyl adjacent to an activating group) is 1. The first kappa shape index (κ1) is 13.1. The minimum Gasteiger partial charge on any atom is -0.274 e. The SMILES string of the molecule is CON(C)C(=O)/C(=C/Cl)Sc1ccccc1. The predicted molar refractivity (Wildman–Crippen MR) is 66.0 cm³/mol. The highest BCUT2D eigenvalue weighted by atomic mass is 35.5. The van der Waals surface area contributed by atoms with Gasteiger partial charge in [0.2, 0.25) is 0 Å². The third kappa shape index (κ3) is 3.56. The lowest BCUT2D eigenvalue weighted by Gasteiger charge is -2.14. The average Bonchev–Trinajstić information content (AvgIpc) is 2.35. The van der Waals surface area contributed by atoms with Gasteiger partial charge in [-0.25, -0.2) is 5.06 Å². The molecule has 0 aliphatic rings. The fourth-order valence-corrected chi connectivity index (χ4v) is 2.00. The Morgan fingerprint density at radius 2 is 2.06 bits per heavy atom. The Hall–Kier alpha value is -0.970. The van der Waals surface area contributed by atoms with Crippen LogP contribution in [0.5, 0.6) is 0 Å². The first-order valence-corrected chi connectivity index (χ1v) is 5.79. The molecule has 0 atom stereocenters. The summed E-state index contributed by atoms with van der Waals surface area (Å²) in [4.78, 5) is 17.9. The lowest BCUT2D eigenvalue weighted by atomic mass is 10.4. The van der Waals surface area contributed by atoms with E-state index in [1.807, 2.05) is 30.3 Å². The predicted octanol–water partition coefficient (Wildman–Crippen LogP) is 2.88. The fraction of sp³-hybridized carbons (Fsp3) is 0.182. The summed E-state index contributed by atoms with van der Waals surface area (Å²) in [5.74, 6) is -0.272. The molecule has 1 amide bonds. The molecule has 1 aromatic carbocycles. The van der Waals surface area contributed by atoms with E-state index in [1.54, 1.807) is 0 Å². The van der Waals surface area contributed by atoms with Crippen LogP contribution in [0.15, 0.2) is 45.7 Å². The minimum atomic E-state index is -0.272. The Balaban J connectivity index is 2.75. The molecular formula is C11H12ClNO2S. The molecule has 0 N–H and O–H groups in total. The quantitative estimate of drug-likeness (QED) is 0.472. The summed E-state index contributed by atoms with van der Waals surface area (Å²) in [6.45, 7) is 0. The van der Waals surface area contributed by atoms with E-state index >= 15 is 0 Å². The maximum Gasteiger partial charge on any atom is 0.284 e. The average molecular weight is 258 g/mol. The molecule has 1 aromatic rings. The summed E-state index contributed by atoms with van der Waals surface area (Å²) in [6.07, 6.45) is 0. The number of halogens is 1. The molecular weight excluding hydrogens is 246 g/mol. The molecule has 1 rings (SSSR count). The first-order chi connectivity index (χ1) is 7.69. The lowest BCUT2D eigenvalue weighted by molar-refractivity contribution is -0.163. The number of carbonyl (C=O) groups is 1. The summed E-state index contributed by atoms with van der Waals surface area (Å²) in [5.41, 5.74) is 1.26. The molecule has 16 heavy (non-hydrogen) atoms. The molecule has 0 bridgehead atoms. The number of rotatable bonds is 4. The lowest BCUT2D eigenvalue weighted by Crippen LogP contribution is -2.25. The maximum absolute atomic E-state index is 11.7. The highest BCUT2D eigenvalue weighted by Crippen LogP contribution is 2.27. The largest absolute Gasteiger partial charge is 0.284 e. The number of hydrogen-bond acceptors (Lipinski definition) is 3. The van der Waals surface area contributed by atoms with E-state index in [0.717, 1.165) is 9.96 Å². The van der Waals surface area contributed by atoms with E-state index < -0.39 is 0 Å². The Morgan fingerprint density at radius 1 is 1.44 bits per heavy atom. The van der Waals surface area contributed by atoms with E-state index in [-0.39, 0.29) is 5.91 Å². The van der Waals surface area contributed by atoms with Crippen LogP contribution in [0, 0.1) is 0 Å². The Kier molecular flexibility index (Phi) is 5.38. The van der Waals surface area contributed by atoms with Crippen LogP contribution in [0.3, 0.4) is 0 Å². The number of benzene rings is 1. The molecule has 0 unspecified atom stereocenters. The third-order valence-electron chi connectivity index (χ3n) is 1.84. The van der Waals surface area contributed by atoms with Crippen LogP contribution in [0.1, 0.15) is 0 Å². The molecule has 0 saturated carbocycles. The van der Waals surface area contributed by atoms with Crippen LogP contribution < -0.4 is 0 Å². The van der Waals surface area contributed by atoms with Crippen LogP contribution in [0.25, 0.3) is 0 Å². The fourth-order valence-electron chi connectivity index (χ4n) is 0.966. The molecule has 0 aliphatic heterocycles. The number of carbonyl (C=O) groups excluding carboxylic acids is 1. The van der Waals surface area contributed by atoms with E-state index in [4.69, 9.17) is 16.4 Å². The topological polar surface area (TPSA) is 29.5 Å². The highest BCUT2D eigenvalue weighted by molar-refractivity contribution is 8.04. The van der Waals surface area contributed by atoms with Gasteiger partial charge in [0.25, 0.3) is 5.91 Å². The minimum absolute atomic E-state index is 0.272. The monoisotopic (exact) mass is 257 g/mol. The Labute approximate surface area is 104 Å². The van der Waals surface area contributed by atoms with Gasteiger partial charge < -0.3 is 0 Å². The Morgan fingerprint density at radius 3 is 2.56 bits per heavy atom. The maximum atomic E-state index is 11.7. The van der Waals surface area contributed by atoms with Gasteiger partial charge in [-0.1, -0.05) is 41.6 Å². The van der Waals surface area contributed by atoms with Crippen LogP contribution in [-0.4, -0.2) is 25.1 Å². The van der Waals surface area contributed by atoms with Crippen molar-refractivity contribution in [2.45, 2.75) is 4.90 Å². The molecule has 0 spiro atoms. The van der Waals surface area contributed by atoms with Gasteiger partial charge in [-0.05, 0) is 12.1 Å². The number of amides is 1. The number of hydrogen-bond donors (Lipinski definition) is 0. The van der Waals surface area contributed by atoms with Crippen LogP contribution in [-0.2, 0) is 9.63 Å². The van der Waals surface area contributed by atoms with Gasteiger partial charge in [-0.2, -0.15) is 0 Å². The zero-order valence-electron chi connectivity index (χ0n) is 9.01. The summed E-state index contributed by atoms with van der Waals surface area (Å²) in [5, 5.41) is 1.13. The van der Waals surface area contributed by atoms with Crippen molar-refractivity contribution in [3.8, 4) is 0 Å². The second kappa shape index (κ2) is 6.58. The number of thioether (sulfide) groups is 1. The van der Waals surface area contributed by atoms with Crippen molar-refractivity contribution in [2.24, 2.45) is 0 Å². The highest BCUT2D eigenvalue weighted by Gasteiger charge is 2.15. The molecule has 0 radical (unpaired) electrons. The number of nitrogens with zero attached hydrogens (tertiary/aromatic N) is 1. The molecule has 86 valence electrons. The number of hydroxylamine groups is 2. The van der Waals surface area contributed by atoms with E-state index in [1.165, 1.54) is 31.5 Å². The Bertz CT molecular complexity index is 381. The summed E-state index contributed by atoms with van der Waals surface area (Å²) in [7, 11) is 2.96. The van der Waals surface area contributed by atoms with E-state index in [0.29, 0.717) is 4.91 Å². The normalized spacial score (nSPS) is 11.3. The zero-order valence-corrected chi connectivity index (χ0v) is 10.6. The standard InChI is InChI=1S/C11H12ClNO2S/c1-13(15-2)11(14)10(8-12)16-9-6-4-3-5-7-9/h3-8H,1-2H3/b10-8-. The van der Waals surface area contributed by atoms with E-state index in [9.17, 15) is 4.79 Å². The summed E-state index contributed by atoms with van der Waals surface area (Å²) >= 11 is 6.93. The van der Waals surface area contributed by atoms with Gasteiger partial charge in [0.15, 0.2) is 0 Å². The van der Waals surface area contributed by atoms with Gasteiger partial charge in [-0.3, -0.25) is 9.63 Å². The van der Waals surface area contributed by atoms with Gasteiger partial charge in [0.1, 0.15) is 0 Å². The molecule has 3 nitrogen and oxygen atoms in total. The van der Waals surface area contributed by atoms with Crippen molar-refractivity contribution in [3.05, 3.63) is 40.8 Å². The summed E-state index contributed by atoms with van der Waals surface area (Å²) in [6, 6.07) is 9.53. The molecule has 0 heterocycles. The van der Waals surface area contributed by atoms with Crippen LogP contribution in [0.2, 0.25) is 0 Å². The van der Waals surface area contributed by atoms with Gasteiger partial charge in [0, 0.05) is 17.5 Å². The van der Waals surface area contributed by atoms with Gasteiger partial charge >= 0.3 is 0 Å². The van der Waals surface area contributed by atoms with Crippen molar-refractivity contribution in [1.29, 1.82) is 0 Å². The third-order valence-corrected chi connectivity index (χ3v) is 3.21. The second-order valence-electron chi connectivity index (χ2n) is 2.87. The van der Waals surface area contributed by atoms with Gasteiger partial charge in [-0.15, -0.1) is 0 Å². The summed E-state index contributed by atoms with van der Waals surface area (Å²) < 4.78 is 0. The van der Waals surface area contributed by atoms with Gasteiger partial charge in [0.05, 0.1) is 12.0 Å². The molecule has 0 aliphatic carbocycles. The van der Waals surface area contributed by atoms with Crippen molar-refractivity contribution in [2.75, 3.05) is 14.2 Å². The van der Waals surface area contributed by atoms with Crippen LogP contribution in [0.4, 0.5) is 0 Å². The van der Waals surface area contributed by atoms with Crippen LogP contribution >= 0.6 is 23.4 Å². The second-order valence-corrected chi connectivity index (χ2v) is 4.21. The molecule has 5 heteroatoms.